The number of benzene rings is 1. The van der Waals surface area contributed by atoms with Gasteiger partial charge in [-0.3, -0.25) is 4.79 Å². The maximum Gasteiger partial charge on any atom is 0.271 e. The lowest BCUT2D eigenvalue weighted by Crippen LogP contribution is -2.42. The molecular weight excluding hydrogens is 299 g/mol. The largest absolute Gasteiger partial charge is 0.391 e. The first kappa shape index (κ1) is 13.7. The van der Waals surface area contributed by atoms with Crippen LogP contribution in [0.5, 0.6) is 0 Å². The van der Waals surface area contributed by atoms with Crippen LogP contribution < -0.4 is 0 Å². The maximum absolute atomic E-state index is 12.5. The molecular formula is C14H14Cl2N2O2. The Hall–Kier alpha value is -1.23. The number of aromatic amines is 1. The van der Waals surface area contributed by atoms with Crippen molar-refractivity contribution in [2.75, 3.05) is 13.1 Å². The Bertz CT molecular complexity index is 668. The number of nitrogens with zero attached hydrogens (tertiary/aromatic N) is 1. The molecule has 1 unspecified atom stereocenters. The fourth-order valence-corrected chi connectivity index (χ4v) is 3.03. The molecule has 1 aromatic carbocycles. The van der Waals surface area contributed by atoms with Gasteiger partial charge < -0.3 is 15.0 Å². The van der Waals surface area contributed by atoms with Crippen LogP contribution in [0.3, 0.4) is 0 Å². The van der Waals surface area contributed by atoms with Crippen LogP contribution in [-0.2, 0) is 0 Å². The van der Waals surface area contributed by atoms with Gasteiger partial charge in [-0.25, -0.2) is 0 Å². The lowest BCUT2D eigenvalue weighted by Gasteiger charge is -2.29. The lowest BCUT2D eigenvalue weighted by molar-refractivity contribution is 0.0470. The number of nitrogens with one attached hydrogen (secondary N) is 1. The molecule has 0 aliphatic carbocycles. The summed E-state index contributed by atoms with van der Waals surface area (Å²) < 4.78 is 0. The van der Waals surface area contributed by atoms with Crippen LogP contribution in [0.4, 0.5) is 0 Å². The number of hydrogen-bond acceptors (Lipinski definition) is 2. The summed E-state index contributed by atoms with van der Waals surface area (Å²) in [5, 5.41) is 11.4. The van der Waals surface area contributed by atoms with Gasteiger partial charge in [-0.15, -0.1) is 0 Å². The minimum absolute atomic E-state index is 0.180. The fraction of sp³-hybridized carbons (Fsp3) is 0.357. The van der Waals surface area contributed by atoms with E-state index in [4.69, 9.17) is 23.2 Å². The minimum Gasteiger partial charge on any atom is -0.391 e. The number of halogens is 2. The molecule has 0 radical (unpaired) electrons. The number of aliphatic hydroxyl groups excluding tert-OH is 1. The molecule has 3 rings (SSSR count). The predicted molar refractivity (Wildman–Crippen MR) is 79.5 cm³/mol. The highest BCUT2D eigenvalue weighted by Crippen LogP contribution is 2.30. The van der Waals surface area contributed by atoms with Crippen molar-refractivity contribution >= 4 is 40.0 Å². The maximum atomic E-state index is 12.5. The molecule has 1 aliphatic rings. The molecule has 1 aromatic heterocycles. The number of aliphatic hydroxyl groups is 1. The zero-order chi connectivity index (χ0) is 14.3. The smallest absolute Gasteiger partial charge is 0.271 e. The van der Waals surface area contributed by atoms with Crippen LogP contribution in [0.15, 0.2) is 18.2 Å². The molecule has 2 N–H and O–H groups in total. The summed E-state index contributed by atoms with van der Waals surface area (Å²) in [4.78, 5) is 17.2. The van der Waals surface area contributed by atoms with Gasteiger partial charge in [0.2, 0.25) is 0 Å². The number of rotatable bonds is 1. The Morgan fingerprint density at radius 3 is 2.95 bits per heavy atom. The Labute approximate surface area is 126 Å². The standard InChI is InChI=1S/C14H14Cl2N2O2/c15-8-3-4-11-10(6-8)12(16)13(17-11)14(20)18-5-1-2-9(19)7-18/h3-4,6,9,17,19H,1-2,5,7H2. The van der Waals surface area contributed by atoms with Crippen LogP contribution in [-0.4, -0.2) is 40.1 Å². The summed E-state index contributed by atoms with van der Waals surface area (Å²) in [5.41, 5.74) is 1.14. The Morgan fingerprint density at radius 1 is 1.40 bits per heavy atom. The van der Waals surface area contributed by atoms with Gasteiger partial charge in [-0.2, -0.15) is 0 Å². The summed E-state index contributed by atoms with van der Waals surface area (Å²) in [6, 6.07) is 5.28. The Morgan fingerprint density at radius 2 is 2.20 bits per heavy atom. The van der Waals surface area contributed by atoms with E-state index in [9.17, 15) is 9.90 Å². The first-order valence-corrected chi connectivity index (χ1v) is 7.26. The molecule has 0 bridgehead atoms. The van der Waals surface area contributed by atoms with Crippen LogP contribution >= 0.6 is 23.2 Å². The Kier molecular flexibility index (Phi) is 3.63. The summed E-state index contributed by atoms with van der Waals surface area (Å²) in [7, 11) is 0. The van der Waals surface area contributed by atoms with E-state index in [1.54, 1.807) is 23.1 Å². The number of β-amino-alcohol motifs (C(OH)–C–C–N with tert-alkyl or cyclic N) is 1. The molecule has 4 nitrogen and oxygen atoms in total. The second kappa shape index (κ2) is 5.28. The molecule has 0 saturated carbocycles. The van der Waals surface area contributed by atoms with Crippen molar-refractivity contribution in [1.29, 1.82) is 0 Å². The van der Waals surface area contributed by atoms with Crippen LogP contribution in [0.25, 0.3) is 10.9 Å². The molecule has 6 heteroatoms. The number of aromatic nitrogens is 1. The number of carbonyl (C=O) groups is 1. The second-order valence-electron chi connectivity index (χ2n) is 5.05. The number of piperidine rings is 1. The van der Waals surface area contributed by atoms with Gasteiger partial charge in [0, 0.05) is 29.0 Å². The average molecular weight is 313 g/mol. The first-order chi connectivity index (χ1) is 9.56. The van der Waals surface area contributed by atoms with Crippen LogP contribution in [0.1, 0.15) is 23.3 Å². The summed E-state index contributed by atoms with van der Waals surface area (Å²) in [5.74, 6) is -0.180. The molecule has 1 amide bonds. The van der Waals surface area contributed by atoms with Gasteiger partial charge in [0.15, 0.2) is 0 Å². The third-order valence-electron chi connectivity index (χ3n) is 3.59. The van der Waals surface area contributed by atoms with Crippen molar-refractivity contribution in [2.45, 2.75) is 18.9 Å². The molecule has 2 heterocycles. The SMILES string of the molecule is O=C(c1[nH]c2ccc(Cl)cc2c1Cl)N1CCCC(O)C1. The van der Waals surface area contributed by atoms with Gasteiger partial charge >= 0.3 is 0 Å². The van der Waals surface area contributed by atoms with Crippen molar-refractivity contribution in [3.05, 3.63) is 33.9 Å². The molecule has 1 aliphatic heterocycles. The highest BCUT2D eigenvalue weighted by molar-refractivity contribution is 6.39. The molecule has 0 spiro atoms. The summed E-state index contributed by atoms with van der Waals surface area (Å²) >= 11 is 12.2. The molecule has 1 fully saturated rings. The van der Waals surface area contributed by atoms with Crippen LogP contribution in [0.2, 0.25) is 10.0 Å². The van der Waals surface area contributed by atoms with E-state index in [1.165, 1.54) is 0 Å². The van der Waals surface area contributed by atoms with Gasteiger partial charge in [-0.05, 0) is 31.0 Å². The second-order valence-corrected chi connectivity index (χ2v) is 5.87. The zero-order valence-electron chi connectivity index (χ0n) is 10.7. The molecule has 20 heavy (non-hydrogen) atoms. The summed E-state index contributed by atoms with van der Waals surface area (Å²) in [6.07, 6.45) is 1.08. The van der Waals surface area contributed by atoms with Crippen molar-refractivity contribution < 1.29 is 9.90 Å². The van der Waals surface area contributed by atoms with Gasteiger partial charge in [-0.1, -0.05) is 23.2 Å². The van der Waals surface area contributed by atoms with E-state index in [-0.39, 0.29) is 5.91 Å². The van der Waals surface area contributed by atoms with Crippen molar-refractivity contribution in [2.24, 2.45) is 0 Å². The van der Waals surface area contributed by atoms with Crippen molar-refractivity contribution in [3.8, 4) is 0 Å². The fourth-order valence-electron chi connectivity index (χ4n) is 2.58. The van der Waals surface area contributed by atoms with Crippen molar-refractivity contribution in [3.63, 3.8) is 0 Å². The number of likely N-dealkylation sites (tertiary alicyclic amines) is 1. The number of carbonyl (C=O) groups excluding carboxylic acids is 1. The van der Waals surface area contributed by atoms with E-state index in [0.717, 1.165) is 23.7 Å². The predicted octanol–water partition coefficient (Wildman–Crippen LogP) is 3.07. The minimum atomic E-state index is -0.453. The van der Waals surface area contributed by atoms with E-state index >= 15 is 0 Å². The number of fused-ring (bicyclic) bond motifs is 1. The molecule has 106 valence electrons. The molecule has 1 atom stereocenters. The molecule has 1 saturated heterocycles. The topological polar surface area (TPSA) is 56.3 Å². The number of hydrogen-bond donors (Lipinski definition) is 2. The highest BCUT2D eigenvalue weighted by atomic mass is 35.5. The number of H-pyrrole nitrogens is 1. The molecule has 2 aromatic rings. The highest BCUT2D eigenvalue weighted by Gasteiger charge is 2.26. The number of amides is 1. The zero-order valence-corrected chi connectivity index (χ0v) is 12.2. The van der Waals surface area contributed by atoms with E-state index < -0.39 is 6.10 Å². The van der Waals surface area contributed by atoms with E-state index in [1.807, 2.05) is 0 Å². The van der Waals surface area contributed by atoms with Crippen molar-refractivity contribution in [1.82, 2.24) is 9.88 Å². The lowest BCUT2D eigenvalue weighted by atomic mass is 10.1. The average Bonchev–Trinajstić information content (AvgIpc) is 2.75. The van der Waals surface area contributed by atoms with E-state index in [0.29, 0.717) is 28.8 Å². The third-order valence-corrected chi connectivity index (χ3v) is 4.22. The third kappa shape index (κ3) is 2.39. The quantitative estimate of drug-likeness (QED) is 0.850. The van der Waals surface area contributed by atoms with Gasteiger partial charge in [0.25, 0.3) is 5.91 Å². The van der Waals surface area contributed by atoms with Gasteiger partial charge in [0.05, 0.1) is 11.1 Å². The van der Waals surface area contributed by atoms with Crippen LogP contribution in [0, 0.1) is 0 Å². The van der Waals surface area contributed by atoms with Gasteiger partial charge in [0.1, 0.15) is 5.69 Å². The monoisotopic (exact) mass is 312 g/mol. The Balaban J connectivity index is 1.97. The van der Waals surface area contributed by atoms with E-state index in [2.05, 4.69) is 4.98 Å². The first-order valence-electron chi connectivity index (χ1n) is 6.50. The normalized spacial score (nSPS) is 19.6. The summed E-state index contributed by atoms with van der Waals surface area (Å²) in [6.45, 7) is 0.994.